The van der Waals surface area contributed by atoms with Crippen molar-refractivity contribution in [3.63, 3.8) is 0 Å². The molecule has 1 aliphatic heterocycles. The van der Waals surface area contributed by atoms with Gasteiger partial charge >= 0.3 is 0 Å². The Morgan fingerprint density at radius 2 is 1.89 bits per heavy atom. The Bertz CT molecular complexity index is 1010. The first-order chi connectivity index (χ1) is 13.2. The maximum Gasteiger partial charge on any atom is 0.223 e. The van der Waals surface area contributed by atoms with Crippen LogP contribution in [-0.2, 0) is 11.3 Å². The second kappa shape index (κ2) is 6.41. The van der Waals surface area contributed by atoms with E-state index in [0.29, 0.717) is 19.0 Å². The van der Waals surface area contributed by atoms with Crippen molar-refractivity contribution in [2.45, 2.75) is 37.8 Å². The number of benzene rings is 2. The lowest BCUT2D eigenvalue weighted by Crippen LogP contribution is -2.27. The zero-order valence-electron chi connectivity index (χ0n) is 15.5. The number of hydrogen-bond acceptors (Lipinski definition) is 3. The van der Waals surface area contributed by atoms with E-state index in [2.05, 4.69) is 21.6 Å². The number of methoxy groups -OCH3 is 1. The molecule has 5 heteroatoms. The third kappa shape index (κ3) is 2.87. The van der Waals surface area contributed by atoms with Crippen molar-refractivity contribution >= 4 is 16.9 Å². The molecule has 138 valence electrons. The molecule has 1 saturated heterocycles. The van der Waals surface area contributed by atoms with Gasteiger partial charge in [0.25, 0.3) is 0 Å². The smallest absolute Gasteiger partial charge is 0.223 e. The summed E-state index contributed by atoms with van der Waals surface area (Å²) in [6.07, 6.45) is 2.86. The molecular weight excluding hydrogens is 338 g/mol. The van der Waals surface area contributed by atoms with Gasteiger partial charge in [-0.3, -0.25) is 4.79 Å². The predicted octanol–water partition coefficient (Wildman–Crippen LogP) is 3.57. The van der Waals surface area contributed by atoms with E-state index in [4.69, 9.17) is 9.72 Å². The summed E-state index contributed by atoms with van der Waals surface area (Å²) in [7, 11) is 1.70. The highest BCUT2D eigenvalue weighted by Crippen LogP contribution is 2.37. The van der Waals surface area contributed by atoms with Crippen molar-refractivity contribution in [1.82, 2.24) is 14.5 Å². The number of amides is 1. The zero-order valence-corrected chi connectivity index (χ0v) is 15.5. The maximum atomic E-state index is 12.5. The molecule has 0 N–H and O–H groups in total. The molecule has 3 aromatic rings. The number of fused-ring (bicyclic) bond motifs is 1. The van der Waals surface area contributed by atoms with Crippen molar-refractivity contribution < 1.29 is 9.53 Å². The van der Waals surface area contributed by atoms with Crippen LogP contribution in [0.2, 0.25) is 0 Å². The van der Waals surface area contributed by atoms with Crippen LogP contribution in [0.3, 0.4) is 0 Å². The number of rotatable bonds is 5. The number of carbonyl (C=O) groups excluding carboxylic acids is 1. The highest BCUT2D eigenvalue weighted by molar-refractivity contribution is 5.81. The SMILES string of the molecule is COc1ccccc1Cn1c(C2CC(=O)N(C3CC3)C2)nc2ccccc21. The Morgan fingerprint density at radius 3 is 2.70 bits per heavy atom. The second-order valence-corrected chi connectivity index (χ2v) is 7.54. The van der Waals surface area contributed by atoms with Crippen molar-refractivity contribution in [2.24, 2.45) is 0 Å². The molecule has 0 radical (unpaired) electrons. The average Bonchev–Trinajstić information content (AvgIpc) is 3.37. The Kier molecular flexibility index (Phi) is 3.88. The van der Waals surface area contributed by atoms with Gasteiger partial charge in [0.1, 0.15) is 11.6 Å². The lowest BCUT2D eigenvalue weighted by Gasteiger charge is -2.17. The molecule has 2 fully saturated rings. The van der Waals surface area contributed by atoms with Crippen molar-refractivity contribution in [2.75, 3.05) is 13.7 Å². The fourth-order valence-electron chi connectivity index (χ4n) is 4.22. The van der Waals surface area contributed by atoms with Gasteiger partial charge in [-0.2, -0.15) is 0 Å². The van der Waals surface area contributed by atoms with E-state index in [-0.39, 0.29) is 11.8 Å². The molecule has 1 amide bonds. The Balaban J connectivity index is 1.56. The highest BCUT2D eigenvalue weighted by Gasteiger charge is 2.41. The largest absolute Gasteiger partial charge is 0.496 e. The molecule has 2 aromatic carbocycles. The molecule has 0 bridgehead atoms. The van der Waals surface area contributed by atoms with E-state index in [1.807, 2.05) is 36.4 Å². The number of aromatic nitrogens is 2. The summed E-state index contributed by atoms with van der Waals surface area (Å²) in [6, 6.07) is 16.8. The van der Waals surface area contributed by atoms with Gasteiger partial charge in [-0.05, 0) is 31.0 Å². The van der Waals surface area contributed by atoms with E-state index < -0.39 is 0 Å². The van der Waals surface area contributed by atoms with E-state index in [1.54, 1.807) is 7.11 Å². The van der Waals surface area contributed by atoms with Gasteiger partial charge in [0.05, 0.1) is 24.7 Å². The maximum absolute atomic E-state index is 12.5. The molecule has 1 unspecified atom stereocenters. The first kappa shape index (κ1) is 16.4. The summed E-state index contributed by atoms with van der Waals surface area (Å²) in [5, 5.41) is 0. The molecular formula is C22H23N3O2. The van der Waals surface area contributed by atoms with Crippen LogP contribution in [-0.4, -0.2) is 40.1 Å². The van der Waals surface area contributed by atoms with Crippen LogP contribution in [0.5, 0.6) is 5.75 Å². The van der Waals surface area contributed by atoms with Crippen LogP contribution >= 0.6 is 0 Å². The first-order valence-corrected chi connectivity index (χ1v) is 9.61. The van der Waals surface area contributed by atoms with Gasteiger partial charge in [0, 0.05) is 30.5 Å². The Hall–Kier alpha value is -2.82. The number of imidazole rings is 1. The standard InChI is InChI=1S/C22H23N3O2/c1-27-20-9-5-2-6-15(20)13-25-19-8-4-3-7-18(19)23-22(25)16-12-21(26)24(14-16)17-10-11-17/h2-9,16-17H,10-14H2,1H3. The summed E-state index contributed by atoms with van der Waals surface area (Å²) in [6.45, 7) is 1.48. The molecule has 5 rings (SSSR count). The molecule has 5 nitrogen and oxygen atoms in total. The van der Waals surface area contributed by atoms with Crippen molar-refractivity contribution in [3.8, 4) is 5.75 Å². The number of ether oxygens (including phenoxy) is 1. The topological polar surface area (TPSA) is 47.4 Å². The van der Waals surface area contributed by atoms with Crippen LogP contribution in [0.4, 0.5) is 0 Å². The van der Waals surface area contributed by atoms with Gasteiger partial charge in [-0.15, -0.1) is 0 Å². The zero-order chi connectivity index (χ0) is 18.4. The monoisotopic (exact) mass is 361 g/mol. The minimum atomic E-state index is 0.153. The highest BCUT2D eigenvalue weighted by atomic mass is 16.5. The molecule has 0 spiro atoms. The predicted molar refractivity (Wildman–Crippen MR) is 104 cm³/mol. The van der Waals surface area contributed by atoms with Crippen LogP contribution < -0.4 is 4.74 Å². The van der Waals surface area contributed by atoms with Gasteiger partial charge < -0.3 is 14.2 Å². The summed E-state index contributed by atoms with van der Waals surface area (Å²) < 4.78 is 7.81. The van der Waals surface area contributed by atoms with Crippen molar-refractivity contribution in [3.05, 3.63) is 59.9 Å². The lowest BCUT2D eigenvalue weighted by atomic mass is 10.1. The van der Waals surface area contributed by atoms with E-state index in [0.717, 1.165) is 47.6 Å². The van der Waals surface area contributed by atoms with Crippen LogP contribution in [0.25, 0.3) is 11.0 Å². The van der Waals surface area contributed by atoms with Gasteiger partial charge in [0.2, 0.25) is 5.91 Å². The van der Waals surface area contributed by atoms with E-state index in [9.17, 15) is 4.79 Å². The molecule has 1 atom stereocenters. The summed E-state index contributed by atoms with van der Waals surface area (Å²) in [5.74, 6) is 2.32. The number of likely N-dealkylation sites (tertiary alicyclic amines) is 1. The Labute approximate surface area is 158 Å². The van der Waals surface area contributed by atoms with Crippen LogP contribution in [0.15, 0.2) is 48.5 Å². The minimum absolute atomic E-state index is 0.153. The van der Waals surface area contributed by atoms with Crippen LogP contribution in [0.1, 0.15) is 36.6 Å². The Morgan fingerprint density at radius 1 is 1.11 bits per heavy atom. The number of hydrogen-bond donors (Lipinski definition) is 0. The molecule has 1 aromatic heterocycles. The molecule has 2 heterocycles. The molecule has 1 aliphatic carbocycles. The normalized spacial score (nSPS) is 19.8. The van der Waals surface area contributed by atoms with E-state index >= 15 is 0 Å². The minimum Gasteiger partial charge on any atom is -0.496 e. The molecule has 1 saturated carbocycles. The average molecular weight is 361 g/mol. The number of nitrogens with zero attached hydrogens (tertiary/aromatic N) is 3. The lowest BCUT2D eigenvalue weighted by molar-refractivity contribution is -0.128. The summed E-state index contributed by atoms with van der Waals surface area (Å²) in [5.41, 5.74) is 3.21. The third-order valence-corrected chi connectivity index (χ3v) is 5.72. The van der Waals surface area contributed by atoms with Gasteiger partial charge in [-0.25, -0.2) is 4.98 Å². The fourth-order valence-corrected chi connectivity index (χ4v) is 4.22. The van der Waals surface area contributed by atoms with E-state index in [1.165, 1.54) is 0 Å². The summed E-state index contributed by atoms with van der Waals surface area (Å²) >= 11 is 0. The van der Waals surface area contributed by atoms with Crippen LogP contribution in [0, 0.1) is 0 Å². The quantitative estimate of drug-likeness (QED) is 0.698. The number of para-hydroxylation sites is 3. The first-order valence-electron chi connectivity index (χ1n) is 9.61. The summed E-state index contributed by atoms with van der Waals surface area (Å²) in [4.78, 5) is 19.5. The fraction of sp³-hybridized carbons (Fsp3) is 0.364. The molecule has 27 heavy (non-hydrogen) atoms. The van der Waals surface area contributed by atoms with Crippen molar-refractivity contribution in [1.29, 1.82) is 0 Å². The molecule has 2 aliphatic rings. The van der Waals surface area contributed by atoms with Gasteiger partial charge in [-0.1, -0.05) is 30.3 Å². The van der Waals surface area contributed by atoms with Gasteiger partial charge in [0.15, 0.2) is 0 Å². The number of carbonyl (C=O) groups is 1. The third-order valence-electron chi connectivity index (χ3n) is 5.72. The second-order valence-electron chi connectivity index (χ2n) is 7.54.